The first-order valence-corrected chi connectivity index (χ1v) is 15.6. The lowest BCUT2D eigenvalue weighted by Gasteiger charge is -2.34. The molecule has 2 aliphatic rings. The average molecular weight is 619 g/mol. The van der Waals surface area contributed by atoms with Crippen molar-refractivity contribution in [1.29, 1.82) is 0 Å². The lowest BCUT2D eigenvalue weighted by atomic mass is 9.90. The third-order valence-electron chi connectivity index (χ3n) is 7.99. The summed E-state index contributed by atoms with van der Waals surface area (Å²) in [6.07, 6.45) is -1.80. The van der Waals surface area contributed by atoms with Crippen LogP contribution in [0.1, 0.15) is 88.7 Å². The normalized spacial score (nSPS) is 22.0. The number of sulfonamides is 1. The molecule has 0 radical (unpaired) electrons. The third kappa shape index (κ3) is 6.46. The van der Waals surface area contributed by atoms with Crippen LogP contribution in [0.3, 0.4) is 0 Å². The van der Waals surface area contributed by atoms with Crippen molar-refractivity contribution in [1.82, 2.24) is 19.7 Å². The van der Waals surface area contributed by atoms with E-state index in [0.29, 0.717) is 30.9 Å². The smallest absolute Gasteiger partial charge is 0.362 e. The van der Waals surface area contributed by atoms with Gasteiger partial charge in [-0.05, 0) is 75.4 Å². The highest BCUT2D eigenvalue weighted by atomic mass is 32.2. The quantitative estimate of drug-likeness (QED) is 0.336. The van der Waals surface area contributed by atoms with Crippen molar-refractivity contribution < 1.29 is 27.8 Å². The fourth-order valence-corrected chi connectivity index (χ4v) is 6.67. The molecule has 0 saturated carbocycles. The van der Waals surface area contributed by atoms with Gasteiger partial charge < -0.3 is 10.2 Å². The molecule has 3 aromatic rings. The molecular formula is C30H37F3N6O3S. The highest BCUT2D eigenvalue weighted by Crippen LogP contribution is 2.41. The minimum Gasteiger partial charge on any atom is -0.362 e. The largest absolute Gasteiger partial charge is 0.417 e. The van der Waals surface area contributed by atoms with E-state index in [1.807, 2.05) is 20.8 Å². The van der Waals surface area contributed by atoms with Crippen LogP contribution in [0.5, 0.6) is 0 Å². The van der Waals surface area contributed by atoms with Crippen molar-refractivity contribution in [2.45, 2.75) is 82.1 Å². The highest BCUT2D eigenvalue weighted by Gasteiger charge is 2.41. The fourth-order valence-electron chi connectivity index (χ4n) is 5.73. The number of alkyl halides is 3. The fraction of sp³-hybridized carbons (Fsp3) is 0.467. The summed E-state index contributed by atoms with van der Waals surface area (Å²) >= 11 is 0. The molecule has 2 N–H and O–H groups in total. The molecule has 0 spiro atoms. The lowest BCUT2D eigenvalue weighted by molar-refractivity contribution is -0.137. The van der Waals surface area contributed by atoms with Gasteiger partial charge in [-0.1, -0.05) is 26.8 Å². The number of aromatic nitrogens is 3. The average Bonchev–Trinajstić information content (AvgIpc) is 3.23. The number of hydrogen-bond acceptors (Lipinski definition) is 8. The van der Waals surface area contributed by atoms with E-state index in [9.17, 15) is 26.4 Å². The predicted molar refractivity (Wildman–Crippen MR) is 158 cm³/mol. The zero-order chi connectivity index (χ0) is 31.4. The van der Waals surface area contributed by atoms with Gasteiger partial charge in [0.2, 0.25) is 0 Å². The van der Waals surface area contributed by atoms with Crippen LogP contribution in [0.2, 0.25) is 0 Å². The zero-order valence-corrected chi connectivity index (χ0v) is 25.5. The van der Waals surface area contributed by atoms with Crippen molar-refractivity contribution in [3.05, 3.63) is 71.2 Å². The van der Waals surface area contributed by atoms with E-state index < -0.39 is 39.3 Å². The van der Waals surface area contributed by atoms with Gasteiger partial charge in [-0.25, -0.2) is 14.7 Å². The molecule has 4 bridgehead atoms. The molecule has 2 atom stereocenters. The summed E-state index contributed by atoms with van der Waals surface area (Å²) < 4.78 is 68.5. The van der Waals surface area contributed by atoms with Crippen molar-refractivity contribution in [2.24, 2.45) is 5.92 Å². The number of carbonyl (C=O) groups is 1. The van der Waals surface area contributed by atoms with E-state index in [0.717, 1.165) is 24.4 Å². The number of rotatable bonds is 1. The van der Waals surface area contributed by atoms with Gasteiger partial charge in [-0.15, -0.1) is 0 Å². The van der Waals surface area contributed by atoms with Crippen molar-refractivity contribution in [2.75, 3.05) is 16.8 Å². The Hall–Kier alpha value is -3.74. The number of halogens is 3. The van der Waals surface area contributed by atoms with E-state index in [1.54, 1.807) is 18.2 Å². The lowest BCUT2D eigenvalue weighted by Crippen LogP contribution is -2.41. The number of amides is 1. The van der Waals surface area contributed by atoms with Gasteiger partial charge in [-0.3, -0.25) is 9.78 Å². The minimum atomic E-state index is -4.52. The summed E-state index contributed by atoms with van der Waals surface area (Å²) in [4.78, 5) is 28.8. The molecule has 0 unspecified atom stereocenters. The summed E-state index contributed by atoms with van der Waals surface area (Å²) in [7, 11) is -4.39. The van der Waals surface area contributed by atoms with E-state index >= 15 is 0 Å². The Morgan fingerprint density at radius 2 is 1.77 bits per heavy atom. The Labute approximate surface area is 250 Å². The number of anilines is 2. The van der Waals surface area contributed by atoms with Crippen LogP contribution in [0.15, 0.2) is 53.7 Å². The van der Waals surface area contributed by atoms with Crippen molar-refractivity contribution in [3.8, 4) is 0 Å². The maximum atomic E-state index is 13.5. The van der Waals surface area contributed by atoms with Gasteiger partial charge in [0.1, 0.15) is 11.6 Å². The summed E-state index contributed by atoms with van der Waals surface area (Å²) in [5.74, 6) is -0.0765. The van der Waals surface area contributed by atoms with Crippen LogP contribution in [0, 0.1) is 5.92 Å². The predicted octanol–water partition coefficient (Wildman–Crippen LogP) is 6.10. The number of carbonyl (C=O) groups excluding carboxylic acids is 1. The number of hydrogen-bond donors (Lipinski definition) is 2. The molecule has 5 rings (SSSR count). The van der Waals surface area contributed by atoms with Crippen LogP contribution in [0.4, 0.5) is 24.8 Å². The van der Waals surface area contributed by atoms with Crippen LogP contribution in [-0.4, -0.2) is 41.4 Å². The van der Waals surface area contributed by atoms with Crippen LogP contribution in [0.25, 0.3) is 0 Å². The van der Waals surface area contributed by atoms with Gasteiger partial charge >= 0.3 is 6.18 Å². The van der Waals surface area contributed by atoms with Gasteiger partial charge in [0.05, 0.1) is 22.9 Å². The minimum absolute atomic E-state index is 0. The van der Waals surface area contributed by atoms with Crippen LogP contribution >= 0.6 is 0 Å². The maximum Gasteiger partial charge on any atom is 0.417 e. The number of nitrogens with one attached hydrogen (secondary N) is 2. The maximum absolute atomic E-state index is 13.5. The molecule has 1 saturated heterocycles. The summed E-state index contributed by atoms with van der Waals surface area (Å²) in [6.45, 7) is 10.7. The molecule has 0 aliphatic carbocycles. The third-order valence-corrected chi connectivity index (χ3v) is 9.22. The highest BCUT2D eigenvalue weighted by molar-refractivity contribution is 7.90. The Kier molecular flexibility index (Phi) is 7.68. The van der Waals surface area contributed by atoms with Gasteiger partial charge in [0.25, 0.3) is 15.9 Å². The molecule has 2 aliphatic heterocycles. The van der Waals surface area contributed by atoms with Gasteiger partial charge in [0.15, 0.2) is 5.03 Å². The Morgan fingerprint density at radius 3 is 2.42 bits per heavy atom. The standard InChI is InChI=1S/C30H35F3N6O3S.H2/c1-28(2,3)23-14-11-20-26(36-23)39-17-18(15-29(39,4)5)9-12-22(21-13-10-19(16-34-21)30(31,32)33)35-24-7-6-8-25(37-24)43(41,42)38-27(20)40;/h6-8,10-11,13-14,16,18,22H,9,12,15,17H2,1-5H3,(H,35,37)(H,38,40);1H/t18-,22-;/m0./s1. The van der Waals surface area contributed by atoms with Gasteiger partial charge in [0, 0.05) is 30.8 Å². The second-order valence-corrected chi connectivity index (χ2v) is 14.5. The first kappa shape index (κ1) is 30.7. The SMILES string of the molecule is CC(C)(C)c1ccc2c(n1)N1C[C@@H](CC[C@@H](c3ccc(C(F)(F)F)cn3)Nc3cccc(n3)S(=O)(=O)NC2=O)CC1(C)C.[HH]. The van der Waals surface area contributed by atoms with Crippen molar-refractivity contribution >= 4 is 27.6 Å². The molecule has 5 heterocycles. The molecular weight excluding hydrogens is 581 g/mol. The van der Waals surface area contributed by atoms with Crippen LogP contribution in [-0.2, 0) is 21.6 Å². The Bertz CT molecular complexity index is 1640. The Balaban J connectivity index is 0.00000442. The van der Waals surface area contributed by atoms with E-state index in [2.05, 4.69) is 38.8 Å². The van der Waals surface area contributed by atoms with Crippen LogP contribution < -0.4 is 14.9 Å². The van der Waals surface area contributed by atoms with E-state index in [1.165, 1.54) is 18.2 Å². The van der Waals surface area contributed by atoms with E-state index in [-0.39, 0.29) is 29.2 Å². The molecule has 1 amide bonds. The second kappa shape index (κ2) is 10.8. The first-order valence-electron chi connectivity index (χ1n) is 14.1. The van der Waals surface area contributed by atoms with Crippen molar-refractivity contribution in [3.63, 3.8) is 0 Å². The molecule has 43 heavy (non-hydrogen) atoms. The molecule has 3 aromatic heterocycles. The number of nitrogens with zero attached hydrogens (tertiary/aromatic N) is 4. The molecule has 9 nitrogen and oxygen atoms in total. The summed E-state index contributed by atoms with van der Waals surface area (Å²) in [6, 6.07) is 9.42. The number of pyridine rings is 3. The van der Waals surface area contributed by atoms with E-state index in [4.69, 9.17) is 4.98 Å². The Morgan fingerprint density at radius 1 is 1.02 bits per heavy atom. The van der Waals surface area contributed by atoms with Gasteiger partial charge in [-0.2, -0.15) is 21.6 Å². The zero-order valence-electron chi connectivity index (χ0n) is 24.7. The number of fused-ring (bicyclic) bond motifs is 6. The summed E-state index contributed by atoms with van der Waals surface area (Å²) in [5, 5.41) is 2.79. The topological polar surface area (TPSA) is 117 Å². The monoisotopic (exact) mass is 618 g/mol. The molecule has 232 valence electrons. The summed E-state index contributed by atoms with van der Waals surface area (Å²) in [5.41, 5.74) is -0.329. The molecule has 1 fully saturated rings. The molecule has 0 aromatic carbocycles. The first-order chi connectivity index (χ1) is 19.9. The second-order valence-electron chi connectivity index (χ2n) is 12.9. The molecule has 13 heteroatoms.